The molecule has 0 aliphatic carbocycles. The number of aromatic nitrogens is 3. The molecule has 1 aromatic heterocycles. The van der Waals surface area contributed by atoms with Crippen molar-refractivity contribution in [2.45, 2.75) is 23.2 Å². The SMILES string of the molecule is Nn1cnnc1SC1CCCOC1. The standard InChI is InChI=1S/C7H12N4OS/c8-11-5-9-10-7(11)13-6-2-1-3-12-4-6/h5-6H,1-4,8H2. The molecule has 72 valence electrons. The smallest absolute Gasteiger partial charge is 0.209 e. The molecule has 2 heterocycles. The molecule has 2 rings (SSSR count). The number of thioether (sulfide) groups is 1. The summed E-state index contributed by atoms with van der Waals surface area (Å²) in [4.78, 5) is 0. The number of nitrogens with zero attached hydrogens (tertiary/aromatic N) is 3. The molecule has 1 aliphatic rings. The zero-order valence-electron chi connectivity index (χ0n) is 7.22. The van der Waals surface area contributed by atoms with Crippen LogP contribution in [-0.2, 0) is 4.74 Å². The minimum atomic E-state index is 0.472. The van der Waals surface area contributed by atoms with Crippen molar-refractivity contribution in [3.8, 4) is 0 Å². The summed E-state index contributed by atoms with van der Waals surface area (Å²) in [5.74, 6) is 5.59. The first-order valence-corrected chi connectivity index (χ1v) is 5.14. The van der Waals surface area contributed by atoms with Crippen molar-refractivity contribution in [1.82, 2.24) is 14.9 Å². The highest BCUT2D eigenvalue weighted by molar-refractivity contribution is 7.99. The molecule has 1 fully saturated rings. The molecule has 1 aromatic rings. The van der Waals surface area contributed by atoms with Gasteiger partial charge in [-0.1, -0.05) is 11.8 Å². The number of rotatable bonds is 2. The van der Waals surface area contributed by atoms with Crippen molar-refractivity contribution in [3.05, 3.63) is 6.33 Å². The van der Waals surface area contributed by atoms with Crippen molar-refractivity contribution in [3.63, 3.8) is 0 Å². The highest BCUT2D eigenvalue weighted by Gasteiger charge is 2.17. The van der Waals surface area contributed by atoms with Crippen LogP contribution in [0.25, 0.3) is 0 Å². The first-order valence-electron chi connectivity index (χ1n) is 4.26. The molecular weight excluding hydrogens is 188 g/mol. The largest absolute Gasteiger partial charge is 0.380 e. The van der Waals surface area contributed by atoms with Gasteiger partial charge in [0.05, 0.1) is 6.61 Å². The van der Waals surface area contributed by atoms with E-state index in [1.807, 2.05) is 0 Å². The van der Waals surface area contributed by atoms with E-state index in [9.17, 15) is 0 Å². The van der Waals surface area contributed by atoms with E-state index in [1.165, 1.54) is 11.0 Å². The summed E-state index contributed by atoms with van der Waals surface area (Å²) in [6.07, 6.45) is 3.79. The molecule has 13 heavy (non-hydrogen) atoms. The molecule has 0 radical (unpaired) electrons. The third-order valence-corrected chi connectivity index (χ3v) is 3.14. The lowest BCUT2D eigenvalue weighted by Gasteiger charge is -2.20. The van der Waals surface area contributed by atoms with Gasteiger partial charge in [0.25, 0.3) is 0 Å². The fourth-order valence-corrected chi connectivity index (χ4v) is 2.28. The summed E-state index contributed by atoms with van der Waals surface area (Å²) in [5, 5.41) is 8.85. The van der Waals surface area contributed by atoms with Crippen LogP contribution >= 0.6 is 11.8 Å². The lowest BCUT2D eigenvalue weighted by molar-refractivity contribution is 0.101. The minimum Gasteiger partial charge on any atom is -0.380 e. The topological polar surface area (TPSA) is 66.0 Å². The highest BCUT2D eigenvalue weighted by atomic mass is 32.2. The zero-order chi connectivity index (χ0) is 9.10. The van der Waals surface area contributed by atoms with E-state index in [0.717, 1.165) is 31.2 Å². The second-order valence-electron chi connectivity index (χ2n) is 2.98. The number of hydrogen-bond acceptors (Lipinski definition) is 5. The van der Waals surface area contributed by atoms with Crippen molar-refractivity contribution in [1.29, 1.82) is 0 Å². The summed E-state index contributed by atoms with van der Waals surface area (Å²) < 4.78 is 6.80. The maximum atomic E-state index is 5.59. The number of nitrogens with two attached hydrogens (primary N) is 1. The molecule has 0 saturated carbocycles. The van der Waals surface area contributed by atoms with Crippen molar-refractivity contribution in [2.24, 2.45) is 0 Å². The second-order valence-corrected chi connectivity index (χ2v) is 4.25. The molecule has 0 spiro atoms. The van der Waals surface area contributed by atoms with Crippen LogP contribution in [0.2, 0.25) is 0 Å². The Balaban J connectivity index is 1.93. The van der Waals surface area contributed by atoms with Gasteiger partial charge in [-0.2, -0.15) is 0 Å². The summed E-state index contributed by atoms with van der Waals surface area (Å²) in [5.41, 5.74) is 0. The molecule has 0 aromatic carbocycles. The second kappa shape index (κ2) is 3.97. The Morgan fingerprint density at radius 2 is 2.62 bits per heavy atom. The maximum Gasteiger partial charge on any atom is 0.209 e. The van der Waals surface area contributed by atoms with Gasteiger partial charge >= 0.3 is 0 Å². The molecule has 1 saturated heterocycles. The zero-order valence-corrected chi connectivity index (χ0v) is 8.04. The van der Waals surface area contributed by atoms with Crippen LogP contribution in [0.1, 0.15) is 12.8 Å². The van der Waals surface area contributed by atoms with Gasteiger partial charge in [-0.05, 0) is 12.8 Å². The Labute approximate surface area is 80.6 Å². The normalized spacial score (nSPS) is 23.2. The molecule has 0 bridgehead atoms. The fourth-order valence-electron chi connectivity index (χ4n) is 1.27. The van der Waals surface area contributed by atoms with Crippen LogP contribution in [0.3, 0.4) is 0 Å². The van der Waals surface area contributed by atoms with Gasteiger partial charge in [-0.25, -0.2) is 4.68 Å². The Morgan fingerprint density at radius 3 is 3.23 bits per heavy atom. The van der Waals surface area contributed by atoms with Crippen LogP contribution in [0, 0.1) is 0 Å². The Bertz CT molecular complexity index is 271. The first-order chi connectivity index (χ1) is 6.36. The molecule has 1 unspecified atom stereocenters. The quantitative estimate of drug-likeness (QED) is 0.694. The minimum absolute atomic E-state index is 0.472. The molecule has 1 aliphatic heterocycles. The third-order valence-electron chi connectivity index (χ3n) is 1.93. The highest BCUT2D eigenvalue weighted by Crippen LogP contribution is 2.25. The lowest BCUT2D eigenvalue weighted by Crippen LogP contribution is -2.20. The van der Waals surface area contributed by atoms with Gasteiger partial charge in [0, 0.05) is 11.9 Å². The average molecular weight is 200 g/mol. The summed E-state index contributed by atoms with van der Waals surface area (Å²) >= 11 is 1.64. The lowest BCUT2D eigenvalue weighted by atomic mass is 10.2. The van der Waals surface area contributed by atoms with Gasteiger partial charge in [0.15, 0.2) is 0 Å². The summed E-state index contributed by atoms with van der Waals surface area (Å²) in [6, 6.07) is 0. The van der Waals surface area contributed by atoms with Crippen LogP contribution in [0.5, 0.6) is 0 Å². The first kappa shape index (κ1) is 8.83. The van der Waals surface area contributed by atoms with E-state index in [4.69, 9.17) is 10.6 Å². The van der Waals surface area contributed by atoms with E-state index in [2.05, 4.69) is 10.2 Å². The maximum absolute atomic E-state index is 5.59. The Hall–Kier alpha value is -0.750. The van der Waals surface area contributed by atoms with Gasteiger partial charge in [-0.15, -0.1) is 10.2 Å². The van der Waals surface area contributed by atoms with Crippen LogP contribution < -0.4 is 5.84 Å². The van der Waals surface area contributed by atoms with Gasteiger partial charge in [-0.3, -0.25) is 0 Å². The average Bonchev–Trinajstić information content (AvgIpc) is 2.54. The summed E-state index contributed by atoms with van der Waals surface area (Å²) in [7, 11) is 0. The molecular formula is C7H12N4OS. The summed E-state index contributed by atoms with van der Waals surface area (Å²) in [6.45, 7) is 1.67. The Morgan fingerprint density at radius 1 is 1.69 bits per heavy atom. The van der Waals surface area contributed by atoms with E-state index < -0.39 is 0 Å². The van der Waals surface area contributed by atoms with Gasteiger partial charge < -0.3 is 10.6 Å². The third kappa shape index (κ3) is 2.13. The van der Waals surface area contributed by atoms with Gasteiger partial charge in [0.1, 0.15) is 6.33 Å². The number of ether oxygens (including phenoxy) is 1. The number of nitrogen functional groups attached to an aromatic ring is 1. The molecule has 6 heteroatoms. The van der Waals surface area contributed by atoms with Crippen molar-refractivity contribution >= 4 is 11.8 Å². The Kier molecular flexibility index (Phi) is 2.70. The molecule has 2 N–H and O–H groups in total. The van der Waals surface area contributed by atoms with E-state index in [-0.39, 0.29) is 0 Å². The molecule has 5 nitrogen and oxygen atoms in total. The predicted octanol–water partition coefficient (Wildman–Crippen LogP) is 0.263. The van der Waals surface area contributed by atoms with Crippen molar-refractivity contribution < 1.29 is 4.74 Å². The van der Waals surface area contributed by atoms with Crippen LogP contribution in [0.4, 0.5) is 0 Å². The molecule has 1 atom stereocenters. The number of hydrogen-bond donors (Lipinski definition) is 1. The van der Waals surface area contributed by atoms with E-state index >= 15 is 0 Å². The van der Waals surface area contributed by atoms with Gasteiger partial charge in [0.2, 0.25) is 5.16 Å². The van der Waals surface area contributed by atoms with Crippen LogP contribution in [0.15, 0.2) is 11.5 Å². The van der Waals surface area contributed by atoms with E-state index in [1.54, 1.807) is 11.8 Å². The fraction of sp³-hybridized carbons (Fsp3) is 0.714. The van der Waals surface area contributed by atoms with E-state index in [0.29, 0.717) is 5.25 Å². The molecule has 0 amide bonds. The van der Waals surface area contributed by atoms with Crippen molar-refractivity contribution in [2.75, 3.05) is 19.1 Å². The van der Waals surface area contributed by atoms with Crippen LogP contribution in [-0.4, -0.2) is 33.3 Å². The predicted molar refractivity (Wildman–Crippen MR) is 49.9 cm³/mol. The monoisotopic (exact) mass is 200 g/mol.